The molecular formula is C13H22O6. The summed E-state index contributed by atoms with van der Waals surface area (Å²) in [5.41, 5.74) is 0. The monoisotopic (exact) mass is 274 g/mol. The smallest absolute Gasteiger partial charge is 0.304 e. The van der Waals surface area contributed by atoms with E-state index in [-0.39, 0.29) is 24.8 Å². The van der Waals surface area contributed by atoms with Crippen molar-refractivity contribution in [2.24, 2.45) is 5.92 Å². The first-order valence-corrected chi connectivity index (χ1v) is 6.71. The summed E-state index contributed by atoms with van der Waals surface area (Å²) in [5.74, 6) is -0.224. The molecule has 2 rings (SSSR count). The van der Waals surface area contributed by atoms with E-state index in [2.05, 4.69) is 0 Å². The second kappa shape index (κ2) is 7.19. The lowest BCUT2D eigenvalue weighted by Gasteiger charge is -2.27. The van der Waals surface area contributed by atoms with Crippen LogP contribution < -0.4 is 0 Å². The summed E-state index contributed by atoms with van der Waals surface area (Å²) in [4.78, 5) is 11.1. The van der Waals surface area contributed by atoms with E-state index in [9.17, 15) is 4.79 Å². The number of hydrogen-bond donors (Lipinski definition) is 0. The first-order valence-electron chi connectivity index (χ1n) is 6.71. The summed E-state index contributed by atoms with van der Waals surface area (Å²) in [6.45, 7) is 2.45. The summed E-state index contributed by atoms with van der Waals surface area (Å²) in [6.07, 6.45) is 2.87. The van der Waals surface area contributed by atoms with Crippen molar-refractivity contribution in [3.05, 3.63) is 0 Å². The van der Waals surface area contributed by atoms with E-state index in [1.807, 2.05) is 0 Å². The van der Waals surface area contributed by atoms with Crippen molar-refractivity contribution in [1.82, 2.24) is 0 Å². The molecular weight excluding hydrogens is 252 g/mol. The van der Waals surface area contributed by atoms with Crippen molar-refractivity contribution in [3.63, 3.8) is 0 Å². The molecule has 0 radical (unpaired) electrons. The van der Waals surface area contributed by atoms with E-state index in [0.717, 1.165) is 19.3 Å². The summed E-state index contributed by atoms with van der Waals surface area (Å²) in [7, 11) is 1.61. The Balaban J connectivity index is 1.77. The number of carbonyl (C=O) groups excluding carboxylic acids is 1. The summed E-state index contributed by atoms with van der Waals surface area (Å²) >= 11 is 0. The molecule has 0 spiro atoms. The number of methoxy groups -OCH3 is 1. The summed E-state index contributed by atoms with van der Waals surface area (Å²) in [5, 5.41) is 0. The van der Waals surface area contributed by atoms with Crippen molar-refractivity contribution in [1.29, 1.82) is 0 Å². The first kappa shape index (κ1) is 14.7. The number of hydrogen-bond acceptors (Lipinski definition) is 6. The van der Waals surface area contributed by atoms with Gasteiger partial charge in [-0.1, -0.05) is 0 Å². The number of carbonyl (C=O) groups is 1. The summed E-state index contributed by atoms with van der Waals surface area (Å²) < 4.78 is 26.7. The lowest BCUT2D eigenvalue weighted by atomic mass is 9.89. The maximum atomic E-state index is 11.1. The van der Waals surface area contributed by atoms with Crippen LogP contribution in [0.15, 0.2) is 0 Å². The van der Waals surface area contributed by atoms with Gasteiger partial charge in [0.25, 0.3) is 0 Å². The Kier molecular flexibility index (Phi) is 5.57. The minimum absolute atomic E-state index is 0.0925. The number of fused-ring (bicyclic) bond motifs is 2. The predicted octanol–water partition coefficient (Wildman–Crippen LogP) is 1.08. The molecule has 2 heterocycles. The van der Waals surface area contributed by atoms with Gasteiger partial charge in [-0.05, 0) is 19.3 Å². The molecule has 2 aliphatic heterocycles. The van der Waals surface area contributed by atoms with Crippen LogP contribution in [0.25, 0.3) is 0 Å². The highest BCUT2D eigenvalue weighted by Gasteiger charge is 2.46. The molecule has 0 aromatic rings. The van der Waals surface area contributed by atoms with Crippen LogP contribution in [0, 0.1) is 5.92 Å². The Morgan fingerprint density at radius 2 is 2.21 bits per heavy atom. The third kappa shape index (κ3) is 4.14. The van der Waals surface area contributed by atoms with Crippen LogP contribution in [0.4, 0.5) is 0 Å². The van der Waals surface area contributed by atoms with Gasteiger partial charge in [0, 0.05) is 14.0 Å². The Hall–Kier alpha value is -0.690. The van der Waals surface area contributed by atoms with Gasteiger partial charge in [-0.2, -0.15) is 0 Å². The molecule has 2 aliphatic rings. The average molecular weight is 274 g/mol. The van der Waals surface area contributed by atoms with Crippen molar-refractivity contribution >= 4 is 5.97 Å². The lowest BCUT2D eigenvalue weighted by molar-refractivity contribution is -0.222. The van der Waals surface area contributed by atoms with Gasteiger partial charge >= 0.3 is 5.97 Å². The SMILES string of the molecule is COCCOCOC(OC(C)=O)[C@H]1C[C@@H]2CC[C@H]1O2. The molecule has 0 aliphatic carbocycles. The van der Waals surface area contributed by atoms with Crippen LogP contribution in [0.2, 0.25) is 0 Å². The molecule has 110 valence electrons. The molecule has 0 aromatic carbocycles. The third-order valence-corrected chi connectivity index (χ3v) is 3.53. The lowest BCUT2D eigenvalue weighted by Crippen LogP contribution is -2.35. The number of ether oxygens (including phenoxy) is 5. The van der Waals surface area contributed by atoms with Crippen LogP contribution in [0.3, 0.4) is 0 Å². The summed E-state index contributed by atoms with van der Waals surface area (Å²) in [6, 6.07) is 0. The van der Waals surface area contributed by atoms with E-state index in [1.54, 1.807) is 7.11 Å². The van der Waals surface area contributed by atoms with Crippen LogP contribution in [-0.4, -0.2) is 51.6 Å². The quantitative estimate of drug-likeness (QED) is 0.375. The van der Waals surface area contributed by atoms with Gasteiger partial charge in [0.05, 0.1) is 31.3 Å². The molecule has 2 bridgehead atoms. The van der Waals surface area contributed by atoms with Gasteiger partial charge in [0.2, 0.25) is 6.29 Å². The fraction of sp³-hybridized carbons (Fsp3) is 0.923. The van der Waals surface area contributed by atoms with Crippen LogP contribution in [-0.2, 0) is 28.5 Å². The zero-order valence-electron chi connectivity index (χ0n) is 11.5. The maximum absolute atomic E-state index is 11.1. The highest BCUT2D eigenvalue weighted by Crippen LogP contribution is 2.41. The standard InChI is InChI=1S/C13H22O6/c1-9(14)18-13(17-8-16-6-5-15-2)11-7-10-3-4-12(11)19-10/h10-13H,3-8H2,1-2H3/t10-,11-,12+,13?/m0/s1. The van der Waals surface area contributed by atoms with Crippen LogP contribution in [0.5, 0.6) is 0 Å². The van der Waals surface area contributed by atoms with Gasteiger partial charge in [0.1, 0.15) is 0 Å². The van der Waals surface area contributed by atoms with Gasteiger partial charge in [-0.25, -0.2) is 0 Å². The van der Waals surface area contributed by atoms with Crippen molar-refractivity contribution in [2.45, 2.75) is 44.7 Å². The normalized spacial score (nSPS) is 30.5. The van der Waals surface area contributed by atoms with Gasteiger partial charge in [-0.3, -0.25) is 4.79 Å². The van der Waals surface area contributed by atoms with Crippen molar-refractivity contribution in [3.8, 4) is 0 Å². The largest absolute Gasteiger partial charge is 0.435 e. The van der Waals surface area contributed by atoms with E-state index in [4.69, 9.17) is 23.7 Å². The fourth-order valence-electron chi connectivity index (χ4n) is 2.69. The molecule has 0 N–H and O–H groups in total. The van der Waals surface area contributed by atoms with Crippen LogP contribution >= 0.6 is 0 Å². The van der Waals surface area contributed by atoms with Gasteiger partial charge in [-0.15, -0.1) is 0 Å². The van der Waals surface area contributed by atoms with E-state index in [0.29, 0.717) is 19.3 Å². The maximum Gasteiger partial charge on any atom is 0.304 e. The molecule has 2 fully saturated rings. The first-order chi connectivity index (χ1) is 9.20. The second-order valence-electron chi connectivity index (χ2n) is 4.94. The highest BCUT2D eigenvalue weighted by atomic mass is 16.8. The molecule has 0 saturated carbocycles. The van der Waals surface area contributed by atoms with Gasteiger partial charge < -0.3 is 23.7 Å². The molecule has 2 saturated heterocycles. The van der Waals surface area contributed by atoms with E-state index >= 15 is 0 Å². The second-order valence-corrected chi connectivity index (χ2v) is 4.94. The van der Waals surface area contributed by atoms with Crippen molar-refractivity contribution in [2.75, 3.05) is 27.1 Å². The van der Waals surface area contributed by atoms with E-state index < -0.39 is 6.29 Å². The molecule has 0 aromatic heterocycles. The molecule has 1 unspecified atom stereocenters. The Bertz CT molecular complexity index is 295. The van der Waals surface area contributed by atoms with Gasteiger partial charge in [0.15, 0.2) is 6.79 Å². The zero-order valence-corrected chi connectivity index (χ0v) is 11.5. The van der Waals surface area contributed by atoms with E-state index in [1.165, 1.54) is 6.92 Å². The zero-order chi connectivity index (χ0) is 13.7. The van der Waals surface area contributed by atoms with Crippen LogP contribution in [0.1, 0.15) is 26.2 Å². The molecule has 6 nitrogen and oxygen atoms in total. The number of rotatable bonds is 8. The Morgan fingerprint density at radius 3 is 2.79 bits per heavy atom. The molecule has 19 heavy (non-hydrogen) atoms. The Morgan fingerprint density at radius 1 is 1.37 bits per heavy atom. The highest BCUT2D eigenvalue weighted by molar-refractivity contribution is 5.66. The fourth-order valence-corrected chi connectivity index (χ4v) is 2.69. The minimum Gasteiger partial charge on any atom is -0.435 e. The number of esters is 1. The average Bonchev–Trinajstić information content (AvgIpc) is 2.99. The topological polar surface area (TPSA) is 63.2 Å². The molecule has 0 amide bonds. The van der Waals surface area contributed by atoms with Crippen molar-refractivity contribution < 1.29 is 28.5 Å². The molecule has 4 atom stereocenters. The molecule has 6 heteroatoms. The minimum atomic E-state index is -0.574. The predicted molar refractivity (Wildman–Crippen MR) is 65.3 cm³/mol. The third-order valence-electron chi connectivity index (χ3n) is 3.53. The Labute approximate surface area is 113 Å².